The van der Waals surface area contributed by atoms with E-state index < -0.39 is 6.10 Å². The molecule has 0 aliphatic rings. The highest BCUT2D eigenvalue weighted by molar-refractivity contribution is 5.27. The van der Waals surface area contributed by atoms with Crippen molar-refractivity contribution in [1.29, 1.82) is 0 Å². The highest BCUT2D eigenvalue weighted by atomic mass is 16.3. The fourth-order valence-electron chi connectivity index (χ4n) is 1.23. The largest absolute Gasteiger partial charge is 0.393 e. The van der Waals surface area contributed by atoms with Crippen LogP contribution in [0.3, 0.4) is 0 Å². The summed E-state index contributed by atoms with van der Waals surface area (Å²) in [5.41, 5.74) is 1.97. The van der Waals surface area contributed by atoms with Gasteiger partial charge < -0.3 is 10.2 Å². The Kier molecular flexibility index (Phi) is 3.46. The van der Waals surface area contributed by atoms with Crippen molar-refractivity contribution >= 4 is 0 Å². The number of benzene rings is 1. The number of hydrogen-bond acceptors (Lipinski definition) is 2. The molecule has 1 unspecified atom stereocenters. The smallest absolute Gasteiger partial charge is 0.102 e. The van der Waals surface area contributed by atoms with Gasteiger partial charge in [0.15, 0.2) is 0 Å². The maximum Gasteiger partial charge on any atom is 0.102 e. The van der Waals surface area contributed by atoms with E-state index in [2.05, 4.69) is 13.8 Å². The van der Waals surface area contributed by atoms with Crippen LogP contribution in [0.4, 0.5) is 0 Å². The molecule has 0 aliphatic carbocycles. The molecule has 0 saturated carbocycles. The summed E-state index contributed by atoms with van der Waals surface area (Å²) >= 11 is 0. The Morgan fingerprint density at radius 1 is 1.23 bits per heavy atom. The number of hydrogen-bond donors (Lipinski definition) is 2. The molecule has 0 bridgehead atoms. The molecule has 0 aromatic heterocycles. The molecular weight excluding hydrogens is 164 g/mol. The minimum atomic E-state index is -0.751. The zero-order chi connectivity index (χ0) is 9.84. The van der Waals surface area contributed by atoms with E-state index in [1.54, 1.807) is 0 Å². The van der Waals surface area contributed by atoms with E-state index in [1.165, 1.54) is 5.56 Å². The van der Waals surface area contributed by atoms with Crippen molar-refractivity contribution in [3.8, 4) is 0 Å². The van der Waals surface area contributed by atoms with Crippen LogP contribution in [-0.2, 0) is 0 Å². The van der Waals surface area contributed by atoms with Crippen LogP contribution >= 0.6 is 0 Å². The maximum absolute atomic E-state index is 9.39. The Hall–Kier alpha value is -0.860. The zero-order valence-electron chi connectivity index (χ0n) is 8.07. The summed E-state index contributed by atoms with van der Waals surface area (Å²) < 4.78 is 0. The third-order valence-corrected chi connectivity index (χ3v) is 2.14. The molecule has 0 heterocycles. The van der Waals surface area contributed by atoms with Crippen molar-refractivity contribution in [3.05, 3.63) is 35.4 Å². The van der Waals surface area contributed by atoms with E-state index in [0.717, 1.165) is 5.56 Å². The molecule has 2 N–H and O–H groups in total. The molecule has 2 nitrogen and oxygen atoms in total. The second-order valence-electron chi connectivity index (χ2n) is 3.52. The van der Waals surface area contributed by atoms with Crippen molar-refractivity contribution in [2.45, 2.75) is 25.9 Å². The molecule has 72 valence electrons. The Morgan fingerprint density at radius 2 is 1.85 bits per heavy atom. The van der Waals surface area contributed by atoms with Gasteiger partial charge in [-0.2, -0.15) is 0 Å². The van der Waals surface area contributed by atoms with Crippen molar-refractivity contribution in [1.82, 2.24) is 0 Å². The lowest BCUT2D eigenvalue weighted by Crippen LogP contribution is -2.03. The van der Waals surface area contributed by atoms with E-state index in [-0.39, 0.29) is 6.61 Å². The molecule has 1 aromatic rings. The van der Waals surface area contributed by atoms with Gasteiger partial charge in [-0.05, 0) is 17.0 Å². The monoisotopic (exact) mass is 180 g/mol. The summed E-state index contributed by atoms with van der Waals surface area (Å²) in [4.78, 5) is 0. The molecule has 0 spiro atoms. The van der Waals surface area contributed by atoms with Crippen LogP contribution < -0.4 is 0 Å². The van der Waals surface area contributed by atoms with Crippen molar-refractivity contribution in [2.75, 3.05) is 6.61 Å². The van der Waals surface area contributed by atoms with Crippen LogP contribution in [-0.4, -0.2) is 16.8 Å². The van der Waals surface area contributed by atoms with E-state index in [1.807, 2.05) is 24.3 Å². The van der Waals surface area contributed by atoms with Gasteiger partial charge in [-0.3, -0.25) is 0 Å². The van der Waals surface area contributed by atoms with Crippen molar-refractivity contribution < 1.29 is 10.2 Å². The van der Waals surface area contributed by atoms with Gasteiger partial charge in [0.2, 0.25) is 0 Å². The van der Waals surface area contributed by atoms with E-state index >= 15 is 0 Å². The highest BCUT2D eigenvalue weighted by Crippen LogP contribution is 2.19. The van der Waals surface area contributed by atoms with Crippen LogP contribution in [0.1, 0.15) is 37.0 Å². The molecule has 0 amide bonds. The topological polar surface area (TPSA) is 40.5 Å². The summed E-state index contributed by atoms with van der Waals surface area (Å²) in [5, 5.41) is 18.2. The second-order valence-corrected chi connectivity index (χ2v) is 3.52. The van der Waals surface area contributed by atoms with Gasteiger partial charge in [-0.15, -0.1) is 0 Å². The lowest BCUT2D eigenvalue weighted by Gasteiger charge is -2.11. The molecule has 0 radical (unpaired) electrons. The van der Waals surface area contributed by atoms with Gasteiger partial charge in [0, 0.05) is 0 Å². The lowest BCUT2D eigenvalue weighted by atomic mass is 9.99. The predicted octanol–water partition coefficient (Wildman–Crippen LogP) is 1.84. The fourth-order valence-corrected chi connectivity index (χ4v) is 1.23. The average Bonchev–Trinajstić information content (AvgIpc) is 2.17. The number of rotatable bonds is 3. The van der Waals surface area contributed by atoms with E-state index in [0.29, 0.717) is 5.92 Å². The predicted molar refractivity (Wildman–Crippen MR) is 52.6 cm³/mol. The lowest BCUT2D eigenvalue weighted by molar-refractivity contribution is 0.0955. The quantitative estimate of drug-likeness (QED) is 0.745. The molecule has 1 atom stereocenters. The van der Waals surface area contributed by atoms with Crippen molar-refractivity contribution in [2.24, 2.45) is 0 Å². The van der Waals surface area contributed by atoms with Crippen LogP contribution in [0, 0.1) is 0 Å². The maximum atomic E-state index is 9.39. The first kappa shape index (κ1) is 10.2. The third-order valence-electron chi connectivity index (χ3n) is 2.14. The van der Waals surface area contributed by atoms with Gasteiger partial charge in [-0.25, -0.2) is 0 Å². The number of aliphatic hydroxyl groups excluding tert-OH is 2. The molecule has 0 fully saturated rings. The van der Waals surface area contributed by atoms with E-state index in [4.69, 9.17) is 5.11 Å². The molecular formula is C11H16O2. The summed E-state index contributed by atoms with van der Waals surface area (Å²) in [5.74, 6) is 0.450. The summed E-state index contributed by atoms with van der Waals surface area (Å²) in [7, 11) is 0. The fraction of sp³-hybridized carbons (Fsp3) is 0.455. The highest BCUT2D eigenvalue weighted by Gasteiger charge is 2.07. The Morgan fingerprint density at radius 3 is 2.38 bits per heavy atom. The van der Waals surface area contributed by atoms with Crippen LogP contribution in [0.25, 0.3) is 0 Å². The summed E-state index contributed by atoms with van der Waals surface area (Å²) in [6.45, 7) is 3.98. The first-order valence-electron chi connectivity index (χ1n) is 4.54. The summed E-state index contributed by atoms with van der Waals surface area (Å²) in [6, 6.07) is 7.69. The van der Waals surface area contributed by atoms with Crippen LogP contribution in [0.5, 0.6) is 0 Å². The summed E-state index contributed by atoms with van der Waals surface area (Å²) in [6.07, 6.45) is -0.751. The normalized spacial score (nSPS) is 13.3. The SMILES string of the molecule is CC(C)c1cccc(C(O)CO)c1. The standard InChI is InChI=1S/C11H16O2/c1-8(2)9-4-3-5-10(6-9)11(13)7-12/h3-6,8,11-13H,7H2,1-2H3. The van der Waals surface area contributed by atoms with Gasteiger partial charge in [0.25, 0.3) is 0 Å². The Bertz CT molecular complexity index is 269. The Balaban J connectivity index is 2.91. The molecule has 13 heavy (non-hydrogen) atoms. The van der Waals surface area contributed by atoms with E-state index in [9.17, 15) is 5.11 Å². The minimum absolute atomic E-state index is 0.221. The van der Waals surface area contributed by atoms with Gasteiger partial charge in [-0.1, -0.05) is 38.1 Å². The molecule has 0 saturated heterocycles. The van der Waals surface area contributed by atoms with Gasteiger partial charge in [0.1, 0.15) is 6.10 Å². The van der Waals surface area contributed by atoms with Crippen LogP contribution in [0.2, 0.25) is 0 Å². The Labute approximate surface area is 78.8 Å². The third kappa shape index (κ3) is 2.54. The molecule has 1 aromatic carbocycles. The molecule has 1 rings (SSSR count). The van der Waals surface area contributed by atoms with Gasteiger partial charge >= 0.3 is 0 Å². The first-order chi connectivity index (χ1) is 6.15. The minimum Gasteiger partial charge on any atom is -0.393 e. The second kappa shape index (κ2) is 4.40. The van der Waals surface area contributed by atoms with Crippen LogP contribution in [0.15, 0.2) is 24.3 Å². The van der Waals surface area contributed by atoms with Gasteiger partial charge in [0.05, 0.1) is 6.61 Å². The zero-order valence-corrected chi connectivity index (χ0v) is 8.07. The number of aliphatic hydroxyl groups is 2. The molecule has 2 heteroatoms. The van der Waals surface area contributed by atoms with Crippen molar-refractivity contribution in [3.63, 3.8) is 0 Å². The molecule has 0 aliphatic heterocycles. The average molecular weight is 180 g/mol. The first-order valence-corrected chi connectivity index (χ1v) is 4.54.